The summed E-state index contributed by atoms with van der Waals surface area (Å²) >= 11 is 1.85. The molecule has 0 unspecified atom stereocenters. The number of pyridine rings is 1. The van der Waals surface area contributed by atoms with Gasteiger partial charge in [0.25, 0.3) is 0 Å². The first-order valence-corrected chi connectivity index (χ1v) is 15.2. The molecule has 0 spiro atoms. The van der Waals surface area contributed by atoms with Crippen LogP contribution in [-0.2, 0) is 12.8 Å². The van der Waals surface area contributed by atoms with Gasteiger partial charge >= 0.3 is 0 Å². The minimum absolute atomic E-state index is 1.02. The highest BCUT2D eigenvalue weighted by molar-refractivity contribution is 7.99. The fourth-order valence-corrected chi connectivity index (χ4v) is 7.46. The molecule has 0 saturated carbocycles. The Hall–Kier alpha value is -4.86. The van der Waals surface area contributed by atoms with E-state index in [0.29, 0.717) is 0 Å². The maximum atomic E-state index is 4.57. The molecule has 0 aliphatic carbocycles. The van der Waals surface area contributed by atoms with E-state index >= 15 is 0 Å². The number of hydrogen-bond acceptors (Lipinski definition) is 3. The Morgan fingerprint density at radius 1 is 0.548 bits per heavy atom. The van der Waals surface area contributed by atoms with Crippen molar-refractivity contribution in [2.75, 3.05) is 4.90 Å². The standard InChI is InChI=1S/C39H28N2S/c1-3-12-29(13-4-1)38-32-16-8-9-17-33(32)39(34-23-24-40-26-35(34)38)42-31-22-21-28-20-19-27-11-7-10-18-36(27)41(37(28)25-31)30-14-5-2-6-15-30/h1-18,21-26H,19-20H2. The minimum atomic E-state index is 1.02. The summed E-state index contributed by atoms with van der Waals surface area (Å²) in [5, 5.41) is 4.92. The number of anilines is 3. The minimum Gasteiger partial charge on any atom is -0.310 e. The molecule has 8 rings (SSSR count). The fourth-order valence-electron chi connectivity index (χ4n) is 6.35. The molecule has 0 amide bonds. The predicted octanol–water partition coefficient (Wildman–Crippen LogP) is 10.8. The van der Waals surface area contributed by atoms with Gasteiger partial charge in [0.1, 0.15) is 0 Å². The highest BCUT2D eigenvalue weighted by atomic mass is 32.2. The van der Waals surface area contributed by atoms with Gasteiger partial charge in [0.05, 0.1) is 5.69 Å². The Kier molecular flexibility index (Phi) is 6.23. The molecule has 0 atom stereocenters. The molecule has 200 valence electrons. The lowest BCUT2D eigenvalue weighted by Gasteiger charge is -2.27. The lowest BCUT2D eigenvalue weighted by molar-refractivity contribution is 0.976. The smallest absolute Gasteiger partial charge is 0.0505 e. The van der Waals surface area contributed by atoms with Crippen molar-refractivity contribution in [1.82, 2.24) is 4.98 Å². The van der Waals surface area contributed by atoms with Gasteiger partial charge in [-0.25, -0.2) is 0 Å². The van der Waals surface area contributed by atoms with E-state index in [0.717, 1.165) is 12.8 Å². The van der Waals surface area contributed by atoms with E-state index in [2.05, 4.69) is 143 Å². The van der Waals surface area contributed by atoms with Crippen molar-refractivity contribution < 1.29 is 0 Å². The second-order valence-electron chi connectivity index (χ2n) is 10.7. The van der Waals surface area contributed by atoms with Gasteiger partial charge in [0.15, 0.2) is 0 Å². The van der Waals surface area contributed by atoms with E-state index in [9.17, 15) is 0 Å². The first-order chi connectivity index (χ1) is 20.8. The van der Waals surface area contributed by atoms with Crippen molar-refractivity contribution in [1.29, 1.82) is 0 Å². The third kappa shape index (κ3) is 4.25. The zero-order chi connectivity index (χ0) is 27.9. The quantitative estimate of drug-likeness (QED) is 0.201. The van der Waals surface area contributed by atoms with E-state index in [4.69, 9.17) is 0 Å². The summed E-state index contributed by atoms with van der Waals surface area (Å²) in [6.07, 6.45) is 5.99. The fraction of sp³-hybridized carbons (Fsp3) is 0.0513. The van der Waals surface area contributed by atoms with Gasteiger partial charge in [-0.1, -0.05) is 109 Å². The Bertz CT molecular complexity index is 2010. The summed E-state index contributed by atoms with van der Waals surface area (Å²) in [6, 6.07) is 48.3. The van der Waals surface area contributed by atoms with Crippen molar-refractivity contribution >= 4 is 50.4 Å². The molecular weight excluding hydrogens is 529 g/mol. The zero-order valence-electron chi connectivity index (χ0n) is 23.1. The summed E-state index contributed by atoms with van der Waals surface area (Å²) in [4.78, 5) is 9.51. The zero-order valence-corrected chi connectivity index (χ0v) is 23.9. The van der Waals surface area contributed by atoms with Gasteiger partial charge in [0, 0.05) is 38.9 Å². The van der Waals surface area contributed by atoms with Crippen LogP contribution in [0.2, 0.25) is 0 Å². The largest absolute Gasteiger partial charge is 0.310 e. The Labute approximate surface area is 250 Å². The molecule has 0 N–H and O–H groups in total. The predicted molar refractivity (Wildman–Crippen MR) is 177 cm³/mol. The molecule has 0 radical (unpaired) electrons. The van der Waals surface area contributed by atoms with Crippen LogP contribution >= 0.6 is 11.8 Å². The van der Waals surface area contributed by atoms with Crippen molar-refractivity contribution in [2.45, 2.75) is 22.6 Å². The van der Waals surface area contributed by atoms with Gasteiger partial charge in [0.2, 0.25) is 0 Å². The van der Waals surface area contributed by atoms with Crippen LogP contribution in [-0.4, -0.2) is 4.98 Å². The average Bonchev–Trinajstić information content (AvgIpc) is 3.22. The van der Waals surface area contributed by atoms with Crippen LogP contribution in [0.15, 0.2) is 156 Å². The van der Waals surface area contributed by atoms with E-state index < -0.39 is 0 Å². The molecule has 6 aromatic carbocycles. The number of fused-ring (bicyclic) bond motifs is 4. The molecule has 2 heterocycles. The SMILES string of the molecule is c1ccc(-c2c3ccccc3c(Sc3ccc4c(c3)N(c3ccccc3)c3ccccc3CC4)c3ccncc23)cc1. The number of hydrogen-bond donors (Lipinski definition) is 0. The normalized spacial score (nSPS) is 12.6. The maximum absolute atomic E-state index is 4.57. The monoisotopic (exact) mass is 556 g/mol. The van der Waals surface area contributed by atoms with Crippen molar-refractivity contribution in [3.05, 3.63) is 157 Å². The van der Waals surface area contributed by atoms with Crippen LogP contribution in [0.5, 0.6) is 0 Å². The molecule has 3 heteroatoms. The number of aromatic nitrogens is 1. The van der Waals surface area contributed by atoms with Crippen LogP contribution in [0.25, 0.3) is 32.7 Å². The van der Waals surface area contributed by atoms with Crippen molar-refractivity contribution in [3.8, 4) is 11.1 Å². The third-order valence-electron chi connectivity index (χ3n) is 8.27. The van der Waals surface area contributed by atoms with Crippen LogP contribution in [0.1, 0.15) is 11.1 Å². The first kappa shape index (κ1) is 24.9. The molecule has 0 bridgehead atoms. The lowest BCUT2D eigenvalue weighted by Crippen LogP contribution is -2.11. The highest BCUT2D eigenvalue weighted by Gasteiger charge is 2.23. The molecule has 0 saturated heterocycles. The summed E-state index contributed by atoms with van der Waals surface area (Å²) in [5.74, 6) is 0. The van der Waals surface area contributed by atoms with Crippen LogP contribution in [0, 0.1) is 0 Å². The van der Waals surface area contributed by atoms with Crippen molar-refractivity contribution in [3.63, 3.8) is 0 Å². The number of para-hydroxylation sites is 2. The molecule has 7 aromatic rings. The molecular formula is C39H28N2S. The van der Waals surface area contributed by atoms with Gasteiger partial charge in [-0.2, -0.15) is 0 Å². The Morgan fingerprint density at radius 3 is 2.05 bits per heavy atom. The molecule has 2 nitrogen and oxygen atoms in total. The van der Waals surface area contributed by atoms with Crippen LogP contribution < -0.4 is 4.90 Å². The van der Waals surface area contributed by atoms with E-state index in [1.807, 2.05) is 24.2 Å². The van der Waals surface area contributed by atoms with E-state index in [1.54, 1.807) is 0 Å². The van der Waals surface area contributed by atoms with Gasteiger partial charge in [-0.3, -0.25) is 4.98 Å². The molecule has 0 fully saturated rings. The number of aryl methyl sites for hydroxylation is 2. The lowest BCUT2D eigenvalue weighted by atomic mass is 9.93. The Balaban J connectivity index is 1.32. The topological polar surface area (TPSA) is 16.1 Å². The van der Waals surface area contributed by atoms with Crippen LogP contribution in [0.3, 0.4) is 0 Å². The summed E-state index contributed by atoms with van der Waals surface area (Å²) in [6.45, 7) is 0. The summed E-state index contributed by atoms with van der Waals surface area (Å²) in [7, 11) is 0. The van der Waals surface area contributed by atoms with Crippen molar-refractivity contribution in [2.24, 2.45) is 0 Å². The average molecular weight is 557 g/mol. The second kappa shape index (κ2) is 10.5. The number of benzene rings is 6. The summed E-state index contributed by atoms with van der Waals surface area (Å²) in [5.41, 5.74) is 8.92. The summed E-state index contributed by atoms with van der Waals surface area (Å²) < 4.78 is 0. The first-order valence-electron chi connectivity index (χ1n) is 14.4. The number of rotatable bonds is 4. The molecule has 1 aliphatic rings. The van der Waals surface area contributed by atoms with E-state index in [-0.39, 0.29) is 0 Å². The van der Waals surface area contributed by atoms with Gasteiger partial charge in [-0.05, 0) is 87.7 Å². The number of nitrogens with zero attached hydrogens (tertiary/aromatic N) is 2. The third-order valence-corrected chi connectivity index (χ3v) is 9.40. The Morgan fingerprint density at radius 2 is 1.21 bits per heavy atom. The van der Waals surface area contributed by atoms with Gasteiger partial charge in [-0.15, -0.1) is 0 Å². The second-order valence-corrected chi connectivity index (χ2v) is 11.8. The van der Waals surface area contributed by atoms with Crippen LogP contribution in [0.4, 0.5) is 17.1 Å². The maximum Gasteiger partial charge on any atom is 0.0505 e. The molecule has 1 aromatic heterocycles. The molecule has 42 heavy (non-hydrogen) atoms. The molecule has 1 aliphatic heterocycles. The van der Waals surface area contributed by atoms with E-state index in [1.165, 1.54) is 70.7 Å². The highest BCUT2D eigenvalue weighted by Crippen LogP contribution is 2.47. The van der Waals surface area contributed by atoms with Gasteiger partial charge < -0.3 is 4.90 Å².